The topological polar surface area (TPSA) is 52.3 Å². The van der Waals surface area contributed by atoms with Gasteiger partial charge in [-0.15, -0.1) is 0 Å². The molecule has 0 fully saturated rings. The third kappa shape index (κ3) is 4.03. The molecule has 0 saturated heterocycles. The molecule has 2 atom stereocenters. The van der Waals surface area contributed by atoms with Crippen molar-refractivity contribution in [3.05, 3.63) is 35.9 Å². The predicted molar refractivity (Wildman–Crippen MR) is 64.1 cm³/mol. The highest BCUT2D eigenvalue weighted by Crippen LogP contribution is 2.20. The molecule has 2 N–H and O–H groups in total. The van der Waals surface area contributed by atoms with E-state index in [-0.39, 0.29) is 18.4 Å². The molecule has 1 rings (SSSR count). The maximum Gasteiger partial charge on any atom is 0.307 e. The minimum atomic E-state index is -0.243. The third-order valence-electron chi connectivity index (χ3n) is 2.68. The van der Waals surface area contributed by atoms with Gasteiger partial charge in [0.05, 0.1) is 13.5 Å². The van der Waals surface area contributed by atoms with Crippen molar-refractivity contribution in [2.24, 2.45) is 5.73 Å². The van der Waals surface area contributed by atoms with Gasteiger partial charge in [-0.3, -0.25) is 4.79 Å². The molecule has 0 saturated carbocycles. The molecule has 0 aliphatic rings. The van der Waals surface area contributed by atoms with Gasteiger partial charge in [0.1, 0.15) is 0 Å². The van der Waals surface area contributed by atoms with Gasteiger partial charge in [0.2, 0.25) is 0 Å². The summed E-state index contributed by atoms with van der Waals surface area (Å²) in [5.41, 5.74) is 7.14. The maximum absolute atomic E-state index is 11.0. The quantitative estimate of drug-likeness (QED) is 0.774. The first-order valence-corrected chi connectivity index (χ1v) is 5.50. The van der Waals surface area contributed by atoms with E-state index in [9.17, 15) is 4.79 Å². The molecule has 0 heterocycles. The lowest BCUT2D eigenvalue weighted by Gasteiger charge is -2.16. The summed E-state index contributed by atoms with van der Waals surface area (Å²) in [5.74, 6) is 0.119. The van der Waals surface area contributed by atoms with Crippen LogP contribution in [0.25, 0.3) is 0 Å². The van der Waals surface area contributed by atoms with Gasteiger partial charge in [-0.1, -0.05) is 37.3 Å². The van der Waals surface area contributed by atoms with E-state index in [0.29, 0.717) is 5.92 Å². The molecule has 0 spiro atoms. The first kappa shape index (κ1) is 12.7. The normalized spacial score (nSPS) is 14.2. The summed E-state index contributed by atoms with van der Waals surface area (Å²) in [6, 6.07) is 10.0. The lowest BCUT2D eigenvalue weighted by molar-refractivity contribution is -0.141. The zero-order chi connectivity index (χ0) is 12.0. The van der Waals surface area contributed by atoms with Crippen molar-refractivity contribution < 1.29 is 9.53 Å². The van der Waals surface area contributed by atoms with Crippen LogP contribution < -0.4 is 5.73 Å². The standard InChI is InChI=1S/C13H19NO2/c1-10(11-6-4-3-5-7-11)8-12(14)9-13(15)16-2/h3-7,10,12H,8-9,14H2,1-2H3. The molecule has 3 heteroatoms. The molecular formula is C13H19NO2. The van der Waals surface area contributed by atoms with Crippen LogP contribution in [0.1, 0.15) is 31.2 Å². The number of carbonyl (C=O) groups excluding carboxylic acids is 1. The van der Waals surface area contributed by atoms with Crippen molar-refractivity contribution >= 4 is 5.97 Å². The second-order valence-electron chi connectivity index (χ2n) is 4.09. The fourth-order valence-corrected chi connectivity index (χ4v) is 1.75. The number of carbonyl (C=O) groups is 1. The number of ether oxygens (including phenoxy) is 1. The van der Waals surface area contributed by atoms with E-state index in [1.165, 1.54) is 12.7 Å². The largest absolute Gasteiger partial charge is 0.469 e. The summed E-state index contributed by atoms with van der Waals surface area (Å²) in [6.45, 7) is 2.12. The van der Waals surface area contributed by atoms with E-state index in [0.717, 1.165) is 6.42 Å². The van der Waals surface area contributed by atoms with Gasteiger partial charge in [-0.25, -0.2) is 0 Å². The third-order valence-corrected chi connectivity index (χ3v) is 2.68. The van der Waals surface area contributed by atoms with Gasteiger partial charge in [0, 0.05) is 6.04 Å². The Morgan fingerprint density at radius 3 is 2.56 bits per heavy atom. The average Bonchev–Trinajstić information content (AvgIpc) is 2.29. The van der Waals surface area contributed by atoms with Crippen molar-refractivity contribution in [3.63, 3.8) is 0 Å². The smallest absolute Gasteiger partial charge is 0.307 e. The van der Waals surface area contributed by atoms with Gasteiger partial charge in [-0.05, 0) is 17.9 Å². The number of methoxy groups -OCH3 is 1. The van der Waals surface area contributed by atoms with Crippen LogP contribution in [0, 0.1) is 0 Å². The van der Waals surface area contributed by atoms with Crippen molar-refractivity contribution in [2.75, 3.05) is 7.11 Å². The first-order chi connectivity index (χ1) is 7.63. The Morgan fingerprint density at radius 1 is 1.38 bits per heavy atom. The summed E-state index contributed by atoms with van der Waals surface area (Å²) in [5, 5.41) is 0. The molecule has 0 bridgehead atoms. The molecule has 0 amide bonds. The molecule has 2 unspecified atom stereocenters. The summed E-state index contributed by atoms with van der Waals surface area (Å²) in [7, 11) is 1.38. The van der Waals surface area contributed by atoms with Crippen LogP contribution in [0.5, 0.6) is 0 Å². The molecule has 1 aromatic carbocycles. The van der Waals surface area contributed by atoms with Gasteiger partial charge in [0.25, 0.3) is 0 Å². The Hall–Kier alpha value is -1.35. The number of hydrogen-bond acceptors (Lipinski definition) is 3. The average molecular weight is 221 g/mol. The summed E-state index contributed by atoms with van der Waals surface area (Å²) < 4.78 is 4.59. The summed E-state index contributed by atoms with van der Waals surface area (Å²) in [4.78, 5) is 11.0. The fraction of sp³-hybridized carbons (Fsp3) is 0.462. The highest BCUT2D eigenvalue weighted by Gasteiger charge is 2.14. The second-order valence-corrected chi connectivity index (χ2v) is 4.09. The highest BCUT2D eigenvalue weighted by atomic mass is 16.5. The molecule has 1 aromatic rings. The van der Waals surface area contributed by atoms with Crippen LogP contribution in [-0.4, -0.2) is 19.1 Å². The van der Waals surface area contributed by atoms with E-state index in [1.807, 2.05) is 18.2 Å². The first-order valence-electron chi connectivity index (χ1n) is 5.50. The number of nitrogens with two attached hydrogens (primary N) is 1. The van der Waals surface area contributed by atoms with Crippen molar-refractivity contribution in [3.8, 4) is 0 Å². The monoisotopic (exact) mass is 221 g/mol. The zero-order valence-corrected chi connectivity index (χ0v) is 9.85. The van der Waals surface area contributed by atoms with E-state index in [4.69, 9.17) is 5.73 Å². The van der Waals surface area contributed by atoms with Crippen molar-refractivity contribution in [2.45, 2.75) is 31.7 Å². The van der Waals surface area contributed by atoms with Crippen LogP contribution in [0.3, 0.4) is 0 Å². The van der Waals surface area contributed by atoms with Crippen LogP contribution in [-0.2, 0) is 9.53 Å². The molecular weight excluding hydrogens is 202 g/mol. The number of rotatable bonds is 5. The minimum absolute atomic E-state index is 0.136. The Morgan fingerprint density at radius 2 is 2.00 bits per heavy atom. The van der Waals surface area contributed by atoms with Gasteiger partial charge in [-0.2, -0.15) is 0 Å². The van der Waals surface area contributed by atoms with Gasteiger partial charge < -0.3 is 10.5 Å². The van der Waals surface area contributed by atoms with Gasteiger partial charge >= 0.3 is 5.97 Å². The highest BCUT2D eigenvalue weighted by molar-refractivity contribution is 5.69. The zero-order valence-electron chi connectivity index (χ0n) is 9.85. The van der Waals surface area contributed by atoms with E-state index < -0.39 is 0 Å². The molecule has 88 valence electrons. The van der Waals surface area contributed by atoms with Crippen molar-refractivity contribution in [1.82, 2.24) is 0 Å². The molecule has 3 nitrogen and oxygen atoms in total. The van der Waals surface area contributed by atoms with Crippen LogP contribution in [0.2, 0.25) is 0 Å². The minimum Gasteiger partial charge on any atom is -0.469 e. The Kier molecular flexibility index (Phi) is 4.99. The van der Waals surface area contributed by atoms with Crippen molar-refractivity contribution in [1.29, 1.82) is 0 Å². The van der Waals surface area contributed by atoms with Crippen LogP contribution in [0.15, 0.2) is 30.3 Å². The van der Waals surface area contributed by atoms with Crippen LogP contribution in [0.4, 0.5) is 0 Å². The van der Waals surface area contributed by atoms with E-state index >= 15 is 0 Å². The Balaban J connectivity index is 2.45. The maximum atomic E-state index is 11.0. The Bertz CT molecular complexity index is 324. The lowest BCUT2D eigenvalue weighted by atomic mass is 9.93. The number of hydrogen-bond donors (Lipinski definition) is 1. The fourth-order valence-electron chi connectivity index (χ4n) is 1.75. The Labute approximate surface area is 96.6 Å². The van der Waals surface area contributed by atoms with E-state index in [1.54, 1.807) is 0 Å². The SMILES string of the molecule is COC(=O)CC(N)CC(C)c1ccccc1. The number of esters is 1. The lowest BCUT2D eigenvalue weighted by Crippen LogP contribution is -2.26. The molecule has 0 radical (unpaired) electrons. The molecule has 0 aromatic heterocycles. The summed E-state index contributed by atoms with van der Waals surface area (Å²) >= 11 is 0. The molecule has 0 aliphatic carbocycles. The predicted octanol–water partition coefficient (Wildman–Crippen LogP) is 2.07. The van der Waals surface area contributed by atoms with Gasteiger partial charge in [0.15, 0.2) is 0 Å². The molecule has 0 aliphatic heterocycles. The summed E-state index contributed by atoms with van der Waals surface area (Å²) in [6.07, 6.45) is 1.08. The van der Waals surface area contributed by atoms with Crippen LogP contribution >= 0.6 is 0 Å². The molecule has 16 heavy (non-hydrogen) atoms. The number of benzene rings is 1. The second kappa shape index (κ2) is 6.28. The van der Waals surface area contributed by atoms with E-state index in [2.05, 4.69) is 23.8 Å².